The van der Waals surface area contributed by atoms with E-state index in [2.05, 4.69) is 22.1 Å². The Labute approximate surface area is 197 Å². The van der Waals surface area contributed by atoms with Crippen molar-refractivity contribution < 1.29 is 23.1 Å². The van der Waals surface area contributed by atoms with E-state index < -0.39 is 17.8 Å². The fourth-order valence-corrected chi connectivity index (χ4v) is 3.51. The van der Waals surface area contributed by atoms with Crippen LogP contribution in [0.1, 0.15) is 6.92 Å². The molecule has 35 heavy (non-hydrogen) atoms. The number of halogens is 3. The number of aromatic nitrogens is 4. The highest BCUT2D eigenvalue weighted by Gasteiger charge is 2.38. The van der Waals surface area contributed by atoms with E-state index in [-0.39, 0.29) is 5.56 Å². The number of hydrogen-bond donors (Lipinski definition) is 2. The SMILES string of the molecule is CC#CCn1c(N2CCNCC2)nc2c1c(=O)n(C)c(=O)n2-c1ccccc1.O=C(O)C(F)(F)F. The lowest BCUT2D eigenvalue weighted by Crippen LogP contribution is -2.44. The van der Waals surface area contributed by atoms with E-state index in [0.717, 1.165) is 30.7 Å². The Balaban J connectivity index is 0.000000429. The van der Waals surface area contributed by atoms with E-state index in [0.29, 0.717) is 29.3 Å². The van der Waals surface area contributed by atoms with Crippen LogP contribution in [0.25, 0.3) is 16.9 Å². The van der Waals surface area contributed by atoms with Crippen LogP contribution in [0.15, 0.2) is 39.9 Å². The number of imidazole rings is 1. The first-order valence-electron chi connectivity index (χ1n) is 10.5. The van der Waals surface area contributed by atoms with Crippen molar-refractivity contribution in [3.63, 3.8) is 0 Å². The van der Waals surface area contributed by atoms with Gasteiger partial charge in [-0.1, -0.05) is 24.1 Å². The van der Waals surface area contributed by atoms with Gasteiger partial charge in [0, 0.05) is 33.2 Å². The molecule has 0 amide bonds. The molecule has 1 aliphatic rings. The van der Waals surface area contributed by atoms with Crippen molar-refractivity contribution in [2.24, 2.45) is 7.05 Å². The molecule has 2 N–H and O–H groups in total. The molecule has 1 fully saturated rings. The number of alkyl halides is 3. The van der Waals surface area contributed by atoms with Gasteiger partial charge >= 0.3 is 17.8 Å². The number of anilines is 1. The number of aliphatic carboxylic acids is 1. The van der Waals surface area contributed by atoms with Crippen molar-refractivity contribution in [3.05, 3.63) is 51.2 Å². The number of benzene rings is 1. The molecular formula is C22H23F3N6O4. The van der Waals surface area contributed by atoms with Crippen molar-refractivity contribution >= 4 is 23.1 Å². The van der Waals surface area contributed by atoms with E-state index >= 15 is 0 Å². The maximum absolute atomic E-state index is 13.0. The molecule has 4 rings (SSSR count). The van der Waals surface area contributed by atoms with Crippen molar-refractivity contribution in [2.45, 2.75) is 19.6 Å². The molecule has 0 spiro atoms. The van der Waals surface area contributed by atoms with E-state index in [4.69, 9.17) is 14.9 Å². The van der Waals surface area contributed by atoms with Gasteiger partial charge in [-0.15, -0.1) is 5.92 Å². The molecule has 1 aromatic carbocycles. The highest BCUT2D eigenvalue weighted by atomic mass is 19.4. The average molecular weight is 492 g/mol. The van der Waals surface area contributed by atoms with E-state index in [1.54, 1.807) is 6.92 Å². The van der Waals surface area contributed by atoms with Crippen LogP contribution < -0.4 is 21.5 Å². The summed E-state index contributed by atoms with van der Waals surface area (Å²) in [7, 11) is 1.50. The molecule has 0 unspecified atom stereocenters. The van der Waals surface area contributed by atoms with Gasteiger partial charge < -0.3 is 15.3 Å². The summed E-state index contributed by atoms with van der Waals surface area (Å²) in [6, 6.07) is 9.27. The molecule has 0 radical (unpaired) electrons. The third-order valence-corrected chi connectivity index (χ3v) is 5.20. The maximum Gasteiger partial charge on any atom is 0.490 e. The minimum absolute atomic E-state index is 0.342. The number of carboxylic acids is 1. The van der Waals surface area contributed by atoms with Crippen molar-refractivity contribution in [2.75, 3.05) is 31.1 Å². The standard InChI is InChI=1S/C20H22N6O2.C2HF3O2/c1-3-4-12-25-16-17(22-19(25)24-13-10-21-11-14-24)26(15-8-6-5-7-9-15)20(28)23(2)18(16)27;3-2(4,5)1(6)7/h5-9,21H,10-14H2,1-2H3;(H,6,7). The van der Waals surface area contributed by atoms with Crippen LogP contribution in [0, 0.1) is 11.8 Å². The summed E-state index contributed by atoms with van der Waals surface area (Å²) in [5.41, 5.74) is 0.653. The molecule has 1 saturated heterocycles. The number of rotatable bonds is 3. The van der Waals surface area contributed by atoms with E-state index in [1.165, 1.54) is 11.6 Å². The predicted octanol–water partition coefficient (Wildman–Crippen LogP) is 0.952. The normalized spacial score (nSPS) is 13.6. The van der Waals surface area contributed by atoms with Gasteiger partial charge in [0.2, 0.25) is 5.95 Å². The van der Waals surface area contributed by atoms with Gasteiger partial charge in [0.05, 0.1) is 12.2 Å². The van der Waals surface area contributed by atoms with Gasteiger partial charge in [-0.2, -0.15) is 18.2 Å². The Kier molecular flexibility index (Phi) is 7.65. The quantitative estimate of drug-likeness (QED) is 0.524. The van der Waals surface area contributed by atoms with Gasteiger partial charge in [0.1, 0.15) is 0 Å². The number of carbonyl (C=O) groups is 1. The van der Waals surface area contributed by atoms with Gasteiger partial charge in [-0.25, -0.2) is 14.2 Å². The lowest BCUT2D eigenvalue weighted by molar-refractivity contribution is -0.192. The number of nitrogens with one attached hydrogen (secondary N) is 1. The van der Waals surface area contributed by atoms with Crippen molar-refractivity contribution in [1.29, 1.82) is 0 Å². The monoisotopic (exact) mass is 492 g/mol. The lowest BCUT2D eigenvalue weighted by atomic mass is 10.3. The second kappa shape index (κ2) is 10.5. The molecule has 0 aliphatic carbocycles. The first-order chi connectivity index (χ1) is 16.6. The smallest absolute Gasteiger partial charge is 0.475 e. The highest BCUT2D eigenvalue weighted by Crippen LogP contribution is 2.22. The molecule has 0 saturated carbocycles. The van der Waals surface area contributed by atoms with Gasteiger partial charge in [0.15, 0.2) is 11.2 Å². The number of carboxylic acid groups (broad SMARTS) is 1. The third kappa shape index (κ3) is 5.38. The van der Waals surface area contributed by atoms with Crippen LogP contribution in [0.3, 0.4) is 0 Å². The van der Waals surface area contributed by atoms with Gasteiger partial charge in [-0.3, -0.25) is 13.9 Å². The maximum atomic E-state index is 13.0. The summed E-state index contributed by atoms with van der Waals surface area (Å²) in [4.78, 5) is 41.8. The molecule has 13 heteroatoms. The second-order valence-corrected chi connectivity index (χ2v) is 7.45. The molecule has 1 aliphatic heterocycles. The Morgan fingerprint density at radius 3 is 2.31 bits per heavy atom. The number of fused-ring (bicyclic) bond motifs is 1. The summed E-state index contributed by atoms with van der Waals surface area (Å²) < 4.78 is 36.2. The second-order valence-electron chi connectivity index (χ2n) is 7.45. The fraction of sp³-hybridized carbons (Fsp3) is 0.364. The fourth-order valence-electron chi connectivity index (χ4n) is 3.51. The van der Waals surface area contributed by atoms with Gasteiger partial charge in [0.25, 0.3) is 5.56 Å². The first kappa shape index (κ1) is 25.6. The van der Waals surface area contributed by atoms with Crippen LogP contribution in [-0.4, -0.2) is 62.1 Å². The minimum Gasteiger partial charge on any atom is -0.475 e. The number of para-hydroxylation sites is 1. The Hall–Kier alpha value is -4.05. The van der Waals surface area contributed by atoms with Crippen LogP contribution in [0.2, 0.25) is 0 Å². The average Bonchev–Trinajstić information content (AvgIpc) is 3.21. The zero-order valence-corrected chi connectivity index (χ0v) is 19.0. The zero-order chi connectivity index (χ0) is 25.8. The summed E-state index contributed by atoms with van der Waals surface area (Å²) in [5, 5.41) is 10.4. The summed E-state index contributed by atoms with van der Waals surface area (Å²) in [6.45, 7) is 5.34. The largest absolute Gasteiger partial charge is 0.490 e. The first-order valence-corrected chi connectivity index (χ1v) is 10.5. The number of hydrogen-bond acceptors (Lipinski definition) is 6. The molecule has 0 atom stereocenters. The molecule has 3 aromatic rings. The molecule has 186 valence electrons. The topological polar surface area (TPSA) is 114 Å². The highest BCUT2D eigenvalue weighted by molar-refractivity contribution is 5.76. The molecule has 10 nitrogen and oxygen atoms in total. The van der Waals surface area contributed by atoms with Crippen molar-refractivity contribution in [1.82, 2.24) is 24.0 Å². The minimum atomic E-state index is -5.08. The summed E-state index contributed by atoms with van der Waals surface area (Å²) in [5.74, 6) is 3.84. The van der Waals surface area contributed by atoms with Crippen LogP contribution in [0.4, 0.5) is 19.1 Å². The number of nitrogens with zero attached hydrogens (tertiary/aromatic N) is 5. The van der Waals surface area contributed by atoms with Crippen LogP contribution in [0.5, 0.6) is 0 Å². The Bertz CT molecular complexity index is 1390. The summed E-state index contributed by atoms with van der Waals surface area (Å²) in [6.07, 6.45) is -5.08. The predicted molar refractivity (Wildman–Crippen MR) is 123 cm³/mol. The molecule has 2 aromatic heterocycles. The van der Waals surface area contributed by atoms with E-state index in [1.807, 2.05) is 34.9 Å². The van der Waals surface area contributed by atoms with Gasteiger partial charge in [-0.05, 0) is 19.1 Å². The lowest BCUT2D eigenvalue weighted by Gasteiger charge is -2.28. The number of piperazine rings is 1. The Morgan fingerprint density at radius 2 is 1.77 bits per heavy atom. The molecule has 3 heterocycles. The van der Waals surface area contributed by atoms with E-state index in [9.17, 15) is 22.8 Å². The van der Waals surface area contributed by atoms with Crippen molar-refractivity contribution in [3.8, 4) is 17.5 Å². The van der Waals surface area contributed by atoms with Crippen LogP contribution in [-0.2, 0) is 18.4 Å². The zero-order valence-electron chi connectivity index (χ0n) is 19.0. The third-order valence-electron chi connectivity index (χ3n) is 5.20. The molecule has 0 bridgehead atoms. The van der Waals surface area contributed by atoms with Crippen LogP contribution >= 0.6 is 0 Å². The summed E-state index contributed by atoms with van der Waals surface area (Å²) >= 11 is 0. The Morgan fingerprint density at radius 1 is 1.17 bits per heavy atom. The molecular weight excluding hydrogens is 469 g/mol.